The second kappa shape index (κ2) is 6.44. The van der Waals surface area contributed by atoms with Crippen LogP contribution in [0.15, 0.2) is 47.5 Å². The zero-order valence-electron chi connectivity index (χ0n) is 12.2. The van der Waals surface area contributed by atoms with Gasteiger partial charge in [-0.15, -0.1) is 0 Å². The highest BCUT2D eigenvalue weighted by atomic mass is 79.9. The monoisotopic (exact) mass is 362 g/mol. The van der Waals surface area contributed by atoms with E-state index < -0.39 is 0 Å². The van der Waals surface area contributed by atoms with Gasteiger partial charge in [-0.2, -0.15) is 0 Å². The molecule has 4 nitrogen and oxygen atoms in total. The van der Waals surface area contributed by atoms with Crippen molar-refractivity contribution in [1.29, 1.82) is 0 Å². The van der Waals surface area contributed by atoms with Crippen LogP contribution in [0.3, 0.4) is 0 Å². The van der Waals surface area contributed by atoms with Crippen molar-refractivity contribution in [3.8, 4) is 0 Å². The molecule has 0 unspecified atom stereocenters. The lowest BCUT2D eigenvalue weighted by atomic mass is 10.2. The average Bonchev–Trinajstić information content (AvgIpc) is 3.01. The summed E-state index contributed by atoms with van der Waals surface area (Å²) < 4.78 is 16.1. The number of rotatable bonds is 5. The molecule has 0 aliphatic rings. The highest BCUT2D eigenvalue weighted by Gasteiger charge is 2.07. The second-order valence-corrected chi connectivity index (χ2v) is 6.06. The van der Waals surface area contributed by atoms with E-state index in [9.17, 15) is 4.39 Å². The van der Waals surface area contributed by atoms with E-state index in [2.05, 4.69) is 35.4 Å². The number of benzene rings is 1. The molecule has 1 aromatic carbocycles. The normalized spacial score (nSPS) is 11.0. The third kappa shape index (κ3) is 3.27. The number of pyridine rings is 1. The van der Waals surface area contributed by atoms with Crippen molar-refractivity contribution >= 4 is 32.7 Å². The maximum atomic E-state index is 13.6. The van der Waals surface area contributed by atoms with Crippen molar-refractivity contribution in [1.82, 2.24) is 14.5 Å². The number of nitrogens with zero attached hydrogens (tertiary/aromatic N) is 4. The number of imidazole rings is 1. The lowest BCUT2D eigenvalue weighted by Crippen LogP contribution is -2.20. The maximum Gasteiger partial charge on any atom is 0.139 e. The largest absolute Gasteiger partial charge is 0.360 e. The zero-order chi connectivity index (χ0) is 15.5. The third-order valence-electron chi connectivity index (χ3n) is 3.58. The minimum absolute atomic E-state index is 0.292. The number of hydrogen-bond acceptors (Lipinski definition) is 3. The molecule has 0 aliphatic heterocycles. The first kappa shape index (κ1) is 15.0. The summed E-state index contributed by atoms with van der Waals surface area (Å²) in [6.45, 7) is 1.79. The van der Waals surface area contributed by atoms with E-state index in [0.717, 1.165) is 30.7 Å². The van der Waals surface area contributed by atoms with Crippen LogP contribution in [0.2, 0.25) is 0 Å². The maximum absolute atomic E-state index is 13.6. The van der Waals surface area contributed by atoms with Gasteiger partial charge in [-0.25, -0.2) is 14.4 Å². The van der Waals surface area contributed by atoms with E-state index in [1.165, 1.54) is 6.07 Å². The van der Waals surface area contributed by atoms with Gasteiger partial charge in [0, 0.05) is 44.0 Å². The van der Waals surface area contributed by atoms with Crippen LogP contribution in [-0.4, -0.2) is 28.1 Å². The smallest absolute Gasteiger partial charge is 0.139 e. The predicted octanol–water partition coefficient (Wildman–Crippen LogP) is 3.86. The highest BCUT2D eigenvalue weighted by Crippen LogP contribution is 2.24. The molecule has 114 valence electrons. The van der Waals surface area contributed by atoms with Gasteiger partial charge in [0.2, 0.25) is 0 Å². The number of halogens is 2. The fourth-order valence-corrected chi connectivity index (χ4v) is 2.70. The Morgan fingerprint density at radius 3 is 2.95 bits per heavy atom. The van der Waals surface area contributed by atoms with Gasteiger partial charge in [0.1, 0.15) is 11.6 Å². The molecule has 2 aromatic heterocycles. The van der Waals surface area contributed by atoms with Crippen molar-refractivity contribution < 1.29 is 4.39 Å². The van der Waals surface area contributed by atoms with Gasteiger partial charge in [-0.05, 0) is 40.5 Å². The molecule has 0 radical (unpaired) electrons. The first-order valence-electron chi connectivity index (χ1n) is 7.06. The Bertz CT molecular complexity index is 773. The van der Waals surface area contributed by atoms with E-state index in [4.69, 9.17) is 0 Å². The molecule has 6 heteroatoms. The molecule has 0 amide bonds. The molecule has 0 atom stereocenters. The van der Waals surface area contributed by atoms with Gasteiger partial charge in [-0.1, -0.05) is 0 Å². The first-order chi connectivity index (χ1) is 10.6. The van der Waals surface area contributed by atoms with Crippen molar-refractivity contribution in [3.05, 3.63) is 53.3 Å². The topological polar surface area (TPSA) is 34.0 Å². The van der Waals surface area contributed by atoms with Crippen molar-refractivity contribution in [2.24, 2.45) is 0 Å². The first-order valence-corrected chi connectivity index (χ1v) is 7.85. The Balaban J connectivity index is 1.70. The fourth-order valence-electron chi connectivity index (χ4n) is 2.34. The predicted molar refractivity (Wildman–Crippen MR) is 89.5 cm³/mol. The van der Waals surface area contributed by atoms with Crippen LogP contribution in [0.5, 0.6) is 0 Å². The van der Waals surface area contributed by atoms with E-state index >= 15 is 0 Å². The van der Waals surface area contributed by atoms with Crippen LogP contribution in [0.25, 0.3) is 10.9 Å². The molecule has 0 saturated carbocycles. The SMILES string of the molecule is CN(CCCn1ccnc1)c1ccc2cc(Br)c(F)cc2n1. The quantitative estimate of drug-likeness (QED) is 0.690. The molecule has 0 fully saturated rings. The molecule has 0 saturated heterocycles. The second-order valence-electron chi connectivity index (χ2n) is 5.20. The van der Waals surface area contributed by atoms with Crippen LogP contribution in [0.1, 0.15) is 6.42 Å². The number of anilines is 1. The summed E-state index contributed by atoms with van der Waals surface area (Å²) >= 11 is 3.20. The Morgan fingerprint density at radius 2 is 2.18 bits per heavy atom. The van der Waals surface area contributed by atoms with Crippen LogP contribution in [-0.2, 0) is 6.54 Å². The summed E-state index contributed by atoms with van der Waals surface area (Å²) in [5.74, 6) is 0.555. The van der Waals surface area contributed by atoms with Crippen LogP contribution in [0, 0.1) is 5.82 Å². The summed E-state index contributed by atoms with van der Waals surface area (Å²) in [6, 6.07) is 7.14. The summed E-state index contributed by atoms with van der Waals surface area (Å²) in [7, 11) is 2.00. The van der Waals surface area contributed by atoms with Gasteiger partial charge in [-0.3, -0.25) is 0 Å². The van der Waals surface area contributed by atoms with E-state index in [0.29, 0.717) is 9.99 Å². The van der Waals surface area contributed by atoms with Crippen molar-refractivity contribution in [2.75, 3.05) is 18.5 Å². The molecule has 0 N–H and O–H groups in total. The lowest BCUT2D eigenvalue weighted by molar-refractivity contribution is 0.622. The molecule has 2 heterocycles. The molecular formula is C16H16BrFN4. The van der Waals surface area contributed by atoms with Crippen molar-refractivity contribution in [2.45, 2.75) is 13.0 Å². The van der Waals surface area contributed by atoms with Gasteiger partial charge in [0.25, 0.3) is 0 Å². The number of hydrogen-bond donors (Lipinski definition) is 0. The van der Waals surface area contributed by atoms with E-state index in [1.807, 2.05) is 31.7 Å². The minimum Gasteiger partial charge on any atom is -0.360 e. The molecular weight excluding hydrogens is 347 g/mol. The highest BCUT2D eigenvalue weighted by molar-refractivity contribution is 9.10. The molecule has 0 aliphatic carbocycles. The van der Waals surface area contributed by atoms with Crippen LogP contribution >= 0.6 is 15.9 Å². The standard InChI is InChI=1S/C16H16BrFN4/c1-21(6-2-7-22-8-5-19-11-22)16-4-3-12-9-13(17)14(18)10-15(12)20-16/h3-5,8-11H,2,6-7H2,1H3. The van der Waals surface area contributed by atoms with Crippen molar-refractivity contribution in [3.63, 3.8) is 0 Å². The van der Waals surface area contributed by atoms with Gasteiger partial charge < -0.3 is 9.47 Å². The summed E-state index contributed by atoms with van der Waals surface area (Å²) in [5, 5.41) is 0.920. The van der Waals surface area contributed by atoms with E-state index in [-0.39, 0.29) is 5.82 Å². The molecule has 0 bridgehead atoms. The summed E-state index contributed by atoms with van der Waals surface area (Å²) in [5.41, 5.74) is 0.666. The molecule has 3 rings (SSSR count). The zero-order valence-corrected chi connectivity index (χ0v) is 13.8. The fraction of sp³-hybridized carbons (Fsp3) is 0.250. The van der Waals surface area contributed by atoms with Crippen LogP contribution in [0.4, 0.5) is 10.2 Å². The number of fused-ring (bicyclic) bond motifs is 1. The van der Waals surface area contributed by atoms with Gasteiger partial charge in [0.15, 0.2) is 0 Å². The molecule has 0 spiro atoms. The molecule has 22 heavy (non-hydrogen) atoms. The van der Waals surface area contributed by atoms with Gasteiger partial charge in [0.05, 0.1) is 16.3 Å². The Kier molecular flexibility index (Phi) is 4.38. The third-order valence-corrected chi connectivity index (χ3v) is 4.18. The molecule has 3 aromatic rings. The lowest BCUT2D eigenvalue weighted by Gasteiger charge is -2.18. The summed E-state index contributed by atoms with van der Waals surface area (Å²) in [4.78, 5) is 10.6. The van der Waals surface area contributed by atoms with Crippen LogP contribution < -0.4 is 4.90 Å². The minimum atomic E-state index is -0.292. The number of aryl methyl sites for hydroxylation is 1. The van der Waals surface area contributed by atoms with Gasteiger partial charge >= 0.3 is 0 Å². The van der Waals surface area contributed by atoms with E-state index in [1.54, 1.807) is 12.3 Å². The number of aromatic nitrogens is 3. The average molecular weight is 363 g/mol. The summed E-state index contributed by atoms with van der Waals surface area (Å²) in [6.07, 6.45) is 6.53. The Labute approximate surface area is 136 Å². The Morgan fingerprint density at radius 1 is 1.32 bits per heavy atom. The Hall–Kier alpha value is -1.95.